The Bertz CT molecular complexity index is 944. The predicted molar refractivity (Wildman–Crippen MR) is 98.2 cm³/mol. The van der Waals surface area contributed by atoms with E-state index < -0.39 is 0 Å². The van der Waals surface area contributed by atoms with E-state index >= 15 is 0 Å². The molecule has 3 aromatic rings. The first-order valence-corrected chi connectivity index (χ1v) is 8.91. The average Bonchev–Trinajstić information content (AvgIpc) is 2.63. The number of methoxy groups -OCH3 is 1. The van der Waals surface area contributed by atoms with E-state index in [1.54, 1.807) is 18.4 Å². The van der Waals surface area contributed by atoms with E-state index in [-0.39, 0.29) is 5.43 Å². The normalized spacial score (nSPS) is 15.9. The Morgan fingerprint density at radius 1 is 1.12 bits per heavy atom. The molecule has 124 valence electrons. The van der Waals surface area contributed by atoms with Crippen molar-refractivity contribution in [2.45, 2.75) is 6.54 Å². The van der Waals surface area contributed by atoms with Crippen LogP contribution in [0, 0.1) is 0 Å². The minimum Gasteiger partial charge on any atom is -0.496 e. The summed E-state index contributed by atoms with van der Waals surface area (Å²) in [6.45, 7) is 4.10. The maximum absolute atomic E-state index is 12.9. The summed E-state index contributed by atoms with van der Waals surface area (Å²) in [4.78, 5) is 15.2. The van der Waals surface area contributed by atoms with Crippen molar-refractivity contribution in [1.82, 2.24) is 4.90 Å². The Morgan fingerprint density at radius 3 is 2.71 bits per heavy atom. The minimum atomic E-state index is 0.102. The molecule has 2 aromatic carbocycles. The molecule has 1 aliphatic heterocycles. The highest BCUT2D eigenvalue weighted by Gasteiger charge is 2.18. The van der Waals surface area contributed by atoms with Crippen molar-refractivity contribution < 1.29 is 9.47 Å². The zero-order valence-electron chi connectivity index (χ0n) is 13.6. The van der Waals surface area contributed by atoms with E-state index in [0.29, 0.717) is 0 Å². The molecule has 0 bridgehead atoms. The Balaban J connectivity index is 1.93. The molecule has 1 aliphatic rings. The summed E-state index contributed by atoms with van der Waals surface area (Å²) in [5, 5.41) is 1.57. The van der Waals surface area contributed by atoms with E-state index in [1.807, 2.05) is 36.4 Å². The number of ether oxygens (including phenoxy) is 2. The summed E-state index contributed by atoms with van der Waals surface area (Å²) in [6, 6.07) is 11.6. The number of hydrogen-bond acceptors (Lipinski definition) is 5. The molecule has 0 saturated carbocycles. The quantitative estimate of drug-likeness (QED) is 0.686. The maximum atomic E-state index is 12.9. The van der Waals surface area contributed by atoms with Crippen molar-refractivity contribution in [3.63, 3.8) is 0 Å². The van der Waals surface area contributed by atoms with Gasteiger partial charge in [-0.2, -0.15) is 0 Å². The van der Waals surface area contributed by atoms with Crippen LogP contribution in [0.25, 0.3) is 20.2 Å². The van der Waals surface area contributed by atoms with E-state index in [9.17, 15) is 4.79 Å². The molecule has 0 radical (unpaired) electrons. The number of fused-ring (bicyclic) bond motifs is 2. The topological polar surface area (TPSA) is 38.8 Å². The predicted octanol–water partition coefficient (Wildman–Crippen LogP) is 3.26. The molecular weight excluding hydrogens is 322 g/mol. The SMILES string of the molecule is COc1ccc2c(=O)c3ccccc3sc2c1CN1CCOCC1. The fourth-order valence-electron chi connectivity index (χ4n) is 3.23. The lowest BCUT2D eigenvalue weighted by Crippen LogP contribution is -2.35. The van der Waals surface area contributed by atoms with Crippen molar-refractivity contribution in [3.8, 4) is 5.75 Å². The van der Waals surface area contributed by atoms with Crippen LogP contribution in [-0.2, 0) is 11.3 Å². The molecule has 4 nitrogen and oxygen atoms in total. The van der Waals surface area contributed by atoms with Gasteiger partial charge >= 0.3 is 0 Å². The first kappa shape index (κ1) is 15.6. The Morgan fingerprint density at radius 2 is 1.92 bits per heavy atom. The van der Waals surface area contributed by atoms with Gasteiger partial charge in [0.15, 0.2) is 5.43 Å². The zero-order valence-corrected chi connectivity index (χ0v) is 14.4. The summed E-state index contributed by atoms with van der Waals surface area (Å²) < 4.78 is 13.1. The number of benzene rings is 2. The van der Waals surface area contributed by atoms with Gasteiger partial charge in [-0.3, -0.25) is 9.69 Å². The van der Waals surface area contributed by atoms with Crippen LogP contribution in [0.5, 0.6) is 5.75 Å². The van der Waals surface area contributed by atoms with Crippen LogP contribution in [0.1, 0.15) is 5.56 Å². The lowest BCUT2D eigenvalue weighted by atomic mass is 10.1. The highest BCUT2D eigenvalue weighted by atomic mass is 32.1. The second-order valence-corrected chi connectivity index (χ2v) is 6.99. The van der Waals surface area contributed by atoms with Crippen LogP contribution in [-0.4, -0.2) is 38.3 Å². The average molecular weight is 341 g/mol. The summed E-state index contributed by atoms with van der Waals surface area (Å²) in [5.74, 6) is 0.847. The molecule has 24 heavy (non-hydrogen) atoms. The van der Waals surface area contributed by atoms with Crippen molar-refractivity contribution in [2.24, 2.45) is 0 Å². The number of hydrogen-bond donors (Lipinski definition) is 0. The Hall–Kier alpha value is -1.95. The first-order valence-electron chi connectivity index (χ1n) is 8.09. The fraction of sp³-hybridized carbons (Fsp3) is 0.316. The maximum Gasteiger partial charge on any atom is 0.195 e. The lowest BCUT2D eigenvalue weighted by Gasteiger charge is -2.27. The number of morpholine rings is 1. The molecule has 0 unspecified atom stereocenters. The third-order valence-electron chi connectivity index (χ3n) is 4.51. The molecule has 1 fully saturated rings. The summed E-state index contributed by atoms with van der Waals surface area (Å²) >= 11 is 1.67. The highest BCUT2D eigenvalue weighted by Crippen LogP contribution is 2.33. The summed E-state index contributed by atoms with van der Waals surface area (Å²) in [5.41, 5.74) is 1.20. The van der Waals surface area contributed by atoms with Crippen molar-refractivity contribution in [1.29, 1.82) is 0 Å². The Kier molecular flexibility index (Phi) is 4.22. The Labute approximate surface area is 144 Å². The molecular formula is C19H19NO3S. The van der Waals surface area contributed by atoms with Gasteiger partial charge in [0.05, 0.1) is 20.3 Å². The van der Waals surface area contributed by atoms with Crippen LogP contribution < -0.4 is 10.2 Å². The standard InChI is InChI=1S/C19H19NO3S/c1-22-16-7-6-14-18(21)13-4-2-3-5-17(13)24-19(14)15(16)12-20-8-10-23-11-9-20/h2-7H,8-12H2,1H3. The van der Waals surface area contributed by atoms with Crippen molar-refractivity contribution >= 4 is 31.5 Å². The van der Waals surface area contributed by atoms with Crippen LogP contribution in [0.4, 0.5) is 0 Å². The monoisotopic (exact) mass is 341 g/mol. The summed E-state index contributed by atoms with van der Waals surface area (Å²) in [7, 11) is 1.69. The number of rotatable bonds is 3. The van der Waals surface area contributed by atoms with Gasteiger partial charge in [-0.15, -0.1) is 11.3 Å². The third kappa shape index (κ3) is 2.69. The fourth-order valence-corrected chi connectivity index (χ4v) is 4.42. The number of nitrogens with zero attached hydrogens (tertiary/aromatic N) is 1. The van der Waals surface area contributed by atoms with Crippen LogP contribution in [0.3, 0.4) is 0 Å². The molecule has 0 amide bonds. The zero-order chi connectivity index (χ0) is 16.5. The molecule has 1 aromatic heterocycles. The van der Waals surface area contributed by atoms with E-state index in [0.717, 1.165) is 64.3 Å². The smallest absolute Gasteiger partial charge is 0.195 e. The minimum absolute atomic E-state index is 0.102. The van der Waals surface area contributed by atoms with Crippen LogP contribution in [0.15, 0.2) is 41.2 Å². The van der Waals surface area contributed by atoms with E-state index in [1.165, 1.54) is 0 Å². The molecule has 0 spiro atoms. The van der Waals surface area contributed by atoms with Gasteiger partial charge < -0.3 is 9.47 Å². The van der Waals surface area contributed by atoms with E-state index in [4.69, 9.17) is 9.47 Å². The molecule has 4 rings (SSSR count). The van der Waals surface area contributed by atoms with Gasteiger partial charge in [-0.1, -0.05) is 12.1 Å². The second-order valence-electron chi connectivity index (χ2n) is 5.94. The largest absolute Gasteiger partial charge is 0.496 e. The van der Waals surface area contributed by atoms with Gasteiger partial charge in [0.2, 0.25) is 0 Å². The molecule has 1 saturated heterocycles. The van der Waals surface area contributed by atoms with Gasteiger partial charge in [-0.25, -0.2) is 0 Å². The molecule has 5 heteroatoms. The molecule has 0 N–H and O–H groups in total. The molecule has 0 aliphatic carbocycles. The second kappa shape index (κ2) is 6.51. The molecule has 0 atom stereocenters. The highest BCUT2D eigenvalue weighted by molar-refractivity contribution is 7.24. The summed E-state index contributed by atoms with van der Waals surface area (Å²) in [6.07, 6.45) is 0. The van der Waals surface area contributed by atoms with E-state index in [2.05, 4.69) is 4.90 Å². The van der Waals surface area contributed by atoms with Crippen LogP contribution >= 0.6 is 11.3 Å². The van der Waals surface area contributed by atoms with Crippen molar-refractivity contribution in [3.05, 3.63) is 52.2 Å². The first-order chi connectivity index (χ1) is 11.8. The lowest BCUT2D eigenvalue weighted by molar-refractivity contribution is 0.0341. The third-order valence-corrected chi connectivity index (χ3v) is 5.76. The molecule has 2 heterocycles. The van der Waals surface area contributed by atoms with Gasteiger partial charge in [-0.05, 0) is 24.3 Å². The van der Waals surface area contributed by atoms with Gasteiger partial charge in [0.25, 0.3) is 0 Å². The van der Waals surface area contributed by atoms with Crippen molar-refractivity contribution in [2.75, 3.05) is 33.4 Å². The van der Waals surface area contributed by atoms with Crippen LogP contribution in [0.2, 0.25) is 0 Å². The van der Waals surface area contributed by atoms with Gasteiger partial charge in [0, 0.05) is 45.4 Å². The van der Waals surface area contributed by atoms with Gasteiger partial charge in [0.1, 0.15) is 5.75 Å².